The van der Waals surface area contributed by atoms with E-state index in [-0.39, 0.29) is 86.0 Å². The molecule has 0 saturated heterocycles. The van der Waals surface area contributed by atoms with E-state index in [4.69, 9.17) is 60.3 Å². The van der Waals surface area contributed by atoms with Crippen molar-refractivity contribution in [3.63, 3.8) is 0 Å². The summed E-state index contributed by atoms with van der Waals surface area (Å²) in [6.07, 6.45) is -26.5. The lowest BCUT2D eigenvalue weighted by molar-refractivity contribution is -0.138. The minimum atomic E-state index is -5.43. The normalized spacial score (nSPS) is 22.8. The third-order valence-corrected chi connectivity index (χ3v) is 24.0. The molecule has 3 aromatic heterocycles. The topological polar surface area (TPSA) is 175 Å². The van der Waals surface area contributed by atoms with E-state index >= 15 is 0 Å². The first kappa shape index (κ1) is 60.9. The maximum Gasteiger partial charge on any atom is 0.416 e. The average Bonchev–Trinajstić information content (AvgIpc) is 1.52. The first-order valence-corrected chi connectivity index (χ1v) is 45.8. The van der Waals surface area contributed by atoms with E-state index in [1.807, 2.05) is 0 Å². The van der Waals surface area contributed by atoms with Gasteiger partial charge in [0.05, 0.1) is 51.5 Å². The van der Waals surface area contributed by atoms with Crippen LogP contribution in [0.1, 0.15) is 226 Å². The second-order valence-corrected chi connectivity index (χ2v) is 33.2. The smallest absolute Gasteiger partial charge is 0.336 e. The summed E-state index contributed by atoms with van der Waals surface area (Å²) in [5, 5.41) is -2.25. The minimum Gasteiger partial charge on any atom is -0.336 e. The Hall–Kier alpha value is -11.9. The summed E-state index contributed by atoms with van der Waals surface area (Å²) in [6, 6.07) is 0.360. The third kappa shape index (κ3) is 29.3. The molecule has 144 heavy (non-hydrogen) atoms. The number of hydrogen-bond acceptors (Lipinski definition) is 15. The van der Waals surface area contributed by atoms with Gasteiger partial charge < -0.3 is 43.1 Å². The van der Waals surface area contributed by atoms with Crippen LogP contribution < -0.4 is 16.7 Å². The number of carbonyl (C=O) groups excluding carboxylic acids is 3. The number of likely N-dealkylation sites (N-methyl/N-ethyl adjacent to an activating group) is 3. The predicted octanol–water partition coefficient (Wildman–Crippen LogP) is 22.7. The molecule has 3 heterocycles. The molecule has 18 nitrogen and oxygen atoms in total. The van der Waals surface area contributed by atoms with Crippen molar-refractivity contribution >= 4 is 53.0 Å². The Balaban J connectivity index is 0.000000234. The summed E-state index contributed by atoms with van der Waals surface area (Å²) >= 11 is 0.0454. The monoisotopic (exact) mass is 2090 g/mol. The van der Waals surface area contributed by atoms with Gasteiger partial charge in [-0.25, -0.2) is 13.2 Å². The Morgan fingerprint density at radius 1 is 0.396 bits per heavy atom. The van der Waals surface area contributed by atoms with E-state index in [1.165, 1.54) is 72.2 Å². The average molecular weight is 2090 g/mol. The summed E-state index contributed by atoms with van der Waals surface area (Å²) in [7, 11) is 0. The number of aromatic nitrogens is 6. The first-order chi connectivity index (χ1) is 87.4. The molecule has 9 aromatic carbocycles. The molecule has 0 spiro atoms. The van der Waals surface area contributed by atoms with Gasteiger partial charge in [-0.15, -0.1) is 0 Å². The fraction of sp³-hybridized carbons (Fsp3) is 0.378. The largest absolute Gasteiger partial charge is 0.416 e. The van der Waals surface area contributed by atoms with E-state index in [0.29, 0.717) is 52.6 Å². The molecule has 0 radical (unpaired) electrons. The van der Waals surface area contributed by atoms with Crippen LogP contribution in [0.3, 0.4) is 0 Å². The van der Waals surface area contributed by atoms with Crippen molar-refractivity contribution in [1.82, 2.24) is 58.1 Å². The second kappa shape index (κ2) is 50.3. The molecule has 3 atom stereocenters. The van der Waals surface area contributed by atoms with E-state index in [2.05, 4.69) is 15.0 Å². The van der Waals surface area contributed by atoms with Crippen molar-refractivity contribution in [3.05, 3.63) is 350 Å². The third-order valence-electron chi connectivity index (χ3n) is 21.5. The number of hydrogen-bond donors (Lipinski definition) is 0. The van der Waals surface area contributed by atoms with Crippen molar-refractivity contribution in [2.45, 2.75) is 197 Å². The molecule has 0 saturated carbocycles. The fourth-order valence-corrected chi connectivity index (χ4v) is 16.4. The maximum absolute atomic E-state index is 15.0. The van der Waals surface area contributed by atoms with Crippen molar-refractivity contribution in [3.8, 4) is 33.4 Å². The summed E-state index contributed by atoms with van der Waals surface area (Å²) < 4.78 is 586. The van der Waals surface area contributed by atoms with Crippen LogP contribution in [0.4, 0.5) is 52.7 Å². The second-order valence-electron chi connectivity index (χ2n) is 30.9. The zero-order valence-corrected chi connectivity index (χ0v) is 80.1. The van der Waals surface area contributed by atoms with Gasteiger partial charge in [0, 0.05) is 142 Å². The molecule has 3 unspecified atom stereocenters. The van der Waals surface area contributed by atoms with Crippen LogP contribution in [0.25, 0.3) is 33.4 Å². The number of nitrogens with zero attached hydrogens (tertiary/aromatic N) is 12. The Kier molecular flexibility index (Phi) is 21.3. The highest BCUT2D eigenvalue weighted by molar-refractivity contribution is 7.98. The molecular weight excluding hydrogens is 1920 g/mol. The Morgan fingerprint density at radius 3 is 1.14 bits per heavy atom. The molecular formula is C111H120F12N12O6S3. The molecule has 3 aliphatic carbocycles. The maximum atomic E-state index is 15.0. The van der Waals surface area contributed by atoms with Gasteiger partial charge in [-0.3, -0.25) is 28.8 Å². The van der Waals surface area contributed by atoms with Crippen molar-refractivity contribution in [1.29, 1.82) is 0 Å². The van der Waals surface area contributed by atoms with Gasteiger partial charge in [-0.1, -0.05) is 236 Å². The van der Waals surface area contributed by atoms with Gasteiger partial charge in [0.15, 0.2) is 15.5 Å². The van der Waals surface area contributed by atoms with Crippen LogP contribution in [0.15, 0.2) is 248 Å². The van der Waals surface area contributed by atoms with Gasteiger partial charge in [0.25, 0.3) is 16.7 Å². The fourth-order valence-electron chi connectivity index (χ4n) is 14.2. The van der Waals surface area contributed by atoms with Crippen LogP contribution in [-0.4, -0.2) is 154 Å². The molecule has 15 rings (SSSR count). The van der Waals surface area contributed by atoms with Crippen molar-refractivity contribution in [2.75, 3.05) is 78.2 Å². The van der Waals surface area contributed by atoms with Crippen LogP contribution >= 0.6 is 35.3 Å². The quantitative estimate of drug-likeness (QED) is 0.0202. The summed E-state index contributed by atoms with van der Waals surface area (Å²) in [6.45, 7) is -20.3. The van der Waals surface area contributed by atoms with Crippen LogP contribution in [-0.2, 0) is 121 Å². The van der Waals surface area contributed by atoms with Gasteiger partial charge >= 0.3 is 18.5 Å². The number of halogens is 12. The summed E-state index contributed by atoms with van der Waals surface area (Å²) in [5.74, 6) is -13.5. The molecule has 0 N–H and O–H groups in total. The van der Waals surface area contributed by atoms with Crippen molar-refractivity contribution in [2.24, 2.45) is 11.8 Å². The highest BCUT2D eigenvalue weighted by Gasteiger charge is 2.36. The zero-order chi connectivity index (χ0) is 147. The predicted molar refractivity (Wildman–Crippen MR) is 544 cm³/mol. The summed E-state index contributed by atoms with van der Waals surface area (Å²) in [5.41, 5.74) is -24.4. The van der Waals surface area contributed by atoms with Gasteiger partial charge in [-0.05, 0) is 242 Å². The van der Waals surface area contributed by atoms with Gasteiger partial charge in [0.1, 0.15) is 37.1 Å². The number of rotatable bonds is 39. The lowest BCUT2D eigenvalue weighted by Gasteiger charge is -2.33. The number of alkyl halides is 9. The van der Waals surface area contributed by atoms with E-state index in [1.54, 1.807) is 12.1 Å². The number of fused-ring (bicyclic) bond motifs is 3. The molecule has 0 aliphatic heterocycles. The Labute approximate surface area is 913 Å². The van der Waals surface area contributed by atoms with Gasteiger partial charge in [0.2, 0.25) is 17.7 Å². The van der Waals surface area contributed by atoms with Crippen LogP contribution in [0.2, 0.25) is 0 Å². The number of thioether (sulfide) groups is 3. The molecule has 762 valence electrons. The highest BCUT2D eigenvalue weighted by Crippen LogP contribution is 2.39. The minimum absolute atomic E-state index is 0.0211. The van der Waals surface area contributed by atoms with Gasteiger partial charge in [-0.2, -0.15) is 54.5 Å². The van der Waals surface area contributed by atoms with Crippen LogP contribution in [0, 0.1) is 29.2 Å². The van der Waals surface area contributed by atoms with Crippen LogP contribution in [0.5, 0.6) is 0 Å². The number of benzene rings is 9. The first-order valence-electron chi connectivity index (χ1n) is 67.8. The van der Waals surface area contributed by atoms with Crippen molar-refractivity contribution < 1.29 is 134 Å². The molecule has 0 fully saturated rings. The lowest BCUT2D eigenvalue weighted by atomic mass is 9.99. The van der Waals surface area contributed by atoms with E-state index < -0.39 is 416 Å². The molecule has 12 aromatic rings. The zero-order valence-electron chi connectivity index (χ0n) is 127. The lowest BCUT2D eigenvalue weighted by Crippen LogP contribution is -2.42. The van der Waals surface area contributed by atoms with E-state index in [0.717, 1.165) is 114 Å². The standard InChI is InChI=1S/3C37H40F4N4O2S/c2*1-4-43(5-2)18-19-44(22-26-6-10-28(11-7-26)29-12-14-30(15-13-29)37(39,40)41)34(46)23-45-33-21-25(3)20-32(33)35(47)42-36(45)48-24-27-8-16-31(38)17-9-27;1-4-43(5-2)21-22-44(25(3)27-11-13-28(14-12-27)29-15-17-30(18-16-29)37(39,40)41)34(46)23-45-33-8-6-7-32(33)35(47)42-36(45)48-24-26-9-19-31(38)20-10-26/h2*6-17,25H,4-5,18-24H2,1-3H3;9-20,25H,4-8,21-24H2,1-3H3/i4D2,5D2,6D,7D,10D,11D,12D,13D,14D,15D,20D2,21D2,22D2,24D2,25D;4D2,5D2,8D,9D,16D,17D,20D2,21D2,22D2,24D2,25D;4D2,5D2,9D,10D,19D,20D,24D2,25D. The Morgan fingerprint density at radius 2 is 0.736 bits per heavy atom. The summed E-state index contributed by atoms with van der Waals surface area (Å²) in [4.78, 5) is 100. The number of amides is 3. The molecule has 3 aliphatic rings. The van der Waals surface area contributed by atoms with E-state index in [9.17, 15) is 88.3 Å². The number of carbonyl (C=O) groups is 3. The highest BCUT2D eigenvalue weighted by atomic mass is 32.2. The SMILES string of the molecule is [2H]c1c([2H])c(C(F)(F)F)c([2H])c([2H])c1-c1c([2H])c([2H])c(C([2H])([2H])N(CCN(C([2H])([2H])C)C([2H])([2H])C)C(=O)Cn2c(SC([2H])([2H])c3ccc(F)cc3)nc(=O)c3c2C([2H])([2H])C([2H])(C)C3([2H])[2H])c([2H])c1[2H].[2H]c1c([2H])c(C([2H])([2H])Sc2nc(=O)c3c(n2CC(=O)N(CCN(C([2H])([2H])C)C([2H])([2H])C)C([2H])(C)c2ccc(-c4ccc(C(F)(F)F)cc4)cc2)CCC3)c([2H])c([2H])c1F.[2H]c1c([2H])c(C([2H])([2H])Sc2nc(=O)c3c(n2CC(=O)N(CCN(C([2H])([2H])C)C([2H])([2H])C)C([2H])([2H])c2ccc(-c4ccc(C(F)(F)F)cc4)cc2)C([2H])([2H])C([2H])(C)C3([2H])[2H])c([2H])c([2H])c1F. The Bertz CT molecular complexity index is 9170. The molecule has 3 amide bonds. The molecule has 0 bridgehead atoms. The molecule has 33 heteroatoms.